The molecular weight excluding hydrogens is 217 g/mol. The Balaban J connectivity index is 1.94. The second-order valence-electron chi connectivity index (χ2n) is 5.11. The third-order valence-corrected chi connectivity index (χ3v) is 3.55. The van der Waals surface area contributed by atoms with Gasteiger partial charge in [-0.1, -0.05) is 12.1 Å². The Morgan fingerprint density at radius 3 is 2.71 bits per heavy atom. The van der Waals surface area contributed by atoms with Gasteiger partial charge in [-0.25, -0.2) is 4.39 Å². The Labute approximate surface area is 102 Å². The molecule has 1 aromatic carbocycles. The number of halogens is 1. The van der Waals surface area contributed by atoms with Crippen LogP contribution in [-0.2, 0) is 11.3 Å². The highest BCUT2D eigenvalue weighted by atomic mass is 19.1. The monoisotopic (exact) mass is 237 g/mol. The molecule has 1 heterocycles. The van der Waals surface area contributed by atoms with Crippen LogP contribution in [0.25, 0.3) is 0 Å². The highest BCUT2D eigenvalue weighted by Gasteiger charge is 2.26. The SMILES string of the molecule is Cc1ccc(CNC2(C)CCOCC2)cc1F. The van der Waals surface area contributed by atoms with Gasteiger partial charge < -0.3 is 10.1 Å². The summed E-state index contributed by atoms with van der Waals surface area (Å²) in [5.74, 6) is -0.124. The van der Waals surface area contributed by atoms with Gasteiger partial charge in [-0.05, 0) is 43.9 Å². The summed E-state index contributed by atoms with van der Waals surface area (Å²) in [6.07, 6.45) is 2.03. The van der Waals surface area contributed by atoms with Crippen LogP contribution in [-0.4, -0.2) is 18.8 Å². The average Bonchev–Trinajstić information content (AvgIpc) is 2.32. The fourth-order valence-electron chi connectivity index (χ4n) is 2.06. The first kappa shape index (κ1) is 12.5. The molecule has 0 atom stereocenters. The Morgan fingerprint density at radius 1 is 1.35 bits per heavy atom. The molecule has 1 aliphatic rings. The van der Waals surface area contributed by atoms with E-state index in [1.807, 2.05) is 12.1 Å². The second-order valence-corrected chi connectivity index (χ2v) is 5.11. The third-order valence-electron chi connectivity index (χ3n) is 3.55. The summed E-state index contributed by atoms with van der Waals surface area (Å²) in [6, 6.07) is 5.43. The van der Waals surface area contributed by atoms with E-state index in [1.165, 1.54) is 0 Å². The molecule has 94 valence electrons. The summed E-state index contributed by atoms with van der Waals surface area (Å²) in [5.41, 5.74) is 1.83. The highest BCUT2D eigenvalue weighted by Crippen LogP contribution is 2.20. The molecule has 3 heteroatoms. The van der Waals surface area contributed by atoms with Gasteiger partial charge in [0.05, 0.1) is 0 Å². The fraction of sp³-hybridized carbons (Fsp3) is 0.571. The van der Waals surface area contributed by atoms with Crippen LogP contribution >= 0.6 is 0 Å². The quantitative estimate of drug-likeness (QED) is 0.872. The Morgan fingerprint density at radius 2 is 2.06 bits per heavy atom. The lowest BCUT2D eigenvalue weighted by Crippen LogP contribution is -2.46. The number of hydrogen-bond donors (Lipinski definition) is 1. The molecule has 0 bridgehead atoms. The van der Waals surface area contributed by atoms with Crippen molar-refractivity contribution in [3.8, 4) is 0 Å². The van der Waals surface area contributed by atoms with Crippen LogP contribution in [0, 0.1) is 12.7 Å². The van der Waals surface area contributed by atoms with Crippen molar-refractivity contribution in [3.63, 3.8) is 0 Å². The van der Waals surface area contributed by atoms with Crippen LogP contribution in [0.1, 0.15) is 30.9 Å². The first-order valence-electron chi connectivity index (χ1n) is 6.17. The zero-order valence-corrected chi connectivity index (χ0v) is 10.6. The molecule has 17 heavy (non-hydrogen) atoms. The van der Waals surface area contributed by atoms with Crippen LogP contribution < -0.4 is 5.32 Å². The lowest BCUT2D eigenvalue weighted by molar-refractivity contribution is 0.0446. The first-order chi connectivity index (χ1) is 8.09. The summed E-state index contributed by atoms with van der Waals surface area (Å²) in [7, 11) is 0. The molecule has 1 N–H and O–H groups in total. The topological polar surface area (TPSA) is 21.3 Å². The summed E-state index contributed by atoms with van der Waals surface area (Å²) >= 11 is 0. The van der Waals surface area contributed by atoms with Crippen molar-refractivity contribution in [1.29, 1.82) is 0 Å². The molecular formula is C14H20FNO. The zero-order valence-electron chi connectivity index (χ0n) is 10.6. The molecule has 0 aromatic heterocycles. The lowest BCUT2D eigenvalue weighted by atomic mass is 9.92. The minimum atomic E-state index is -0.124. The molecule has 0 spiro atoms. The molecule has 0 amide bonds. The van der Waals surface area contributed by atoms with E-state index < -0.39 is 0 Å². The van der Waals surface area contributed by atoms with Crippen molar-refractivity contribution in [3.05, 3.63) is 35.1 Å². The standard InChI is InChI=1S/C14H20FNO/c1-11-3-4-12(9-13(11)15)10-16-14(2)5-7-17-8-6-14/h3-4,9,16H,5-8,10H2,1-2H3. The minimum absolute atomic E-state index is 0.124. The molecule has 0 unspecified atom stereocenters. The van der Waals surface area contributed by atoms with Gasteiger partial charge in [-0.2, -0.15) is 0 Å². The Kier molecular flexibility index (Phi) is 3.79. The average molecular weight is 237 g/mol. The zero-order chi connectivity index (χ0) is 12.3. The van der Waals surface area contributed by atoms with Crippen molar-refractivity contribution in [2.24, 2.45) is 0 Å². The van der Waals surface area contributed by atoms with Crippen molar-refractivity contribution in [2.45, 2.75) is 38.8 Å². The van der Waals surface area contributed by atoms with E-state index >= 15 is 0 Å². The maximum absolute atomic E-state index is 13.4. The van der Waals surface area contributed by atoms with Crippen LogP contribution in [0.5, 0.6) is 0 Å². The van der Waals surface area contributed by atoms with E-state index in [4.69, 9.17) is 4.74 Å². The Bertz CT molecular complexity index is 386. The number of rotatable bonds is 3. The number of nitrogens with one attached hydrogen (secondary N) is 1. The molecule has 1 aromatic rings. The smallest absolute Gasteiger partial charge is 0.126 e. The van der Waals surface area contributed by atoms with E-state index in [0.717, 1.165) is 31.6 Å². The van der Waals surface area contributed by atoms with Gasteiger partial charge in [-0.15, -0.1) is 0 Å². The van der Waals surface area contributed by atoms with Gasteiger partial charge in [0.1, 0.15) is 5.82 Å². The van der Waals surface area contributed by atoms with E-state index in [2.05, 4.69) is 12.2 Å². The van der Waals surface area contributed by atoms with E-state index in [9.17, 15) is 4.39 Å². The number of hydrogen-bond acceptors (Lipinski definition) is 2. The molecule has 0 radical (unpaired) electrons. The number of ether oxygens (including phenoxy) is 1. The van der Waals surface area contributed by atoms with Crippen LogP contribution in [0.3, 0.4) is 0 Å². The first-order valence-corrected chi connectivity index (χ1v) is 6.17. The highest BCUT2D eigenvalue weighted by molar-refractivity contribution is 5.23. The fourth-order valence-corrected chi connectivity index (χ4v) is 2.06. The third kappa shape index (κ3) is 3.27. The normalized spacial score (nSPS) is 19.2. The molecule has 2 nitrogen and oxygen atoms in total. The van der Waals surface area contributed by atoms with Gasteiger partial charge in [0.15, 0.2) is 0 Å². The summed E-state index contributed by atoms with van der Waals surface area (Å²) in [5, 5.41) is 3.51. The second kappa shape index (κ2) is 5.15. The molecule has 2 rings (SSSR count). The van der Waals surface area contributed by atoms with Crippen molar-refractivity contribution < 1.29 is 9.13 Å². The molecule has 0 aliphatic carbocycles. The van der Waals surface area contributed by atoms with Gasteiger partial charge >= 0.3 is 0 Å². The number of benzene rings is 1. The van der Waals surface area contributed by atoms with E-state index in [0.29, 0.717) is 12.1 Å². The van der Waals surface area contributed by atoms with Crippen LogP contribution in [0.4, 0.5) is 4.39 Å². The van der Waals surface area contributed by atoms with Crippen molar-refractivity contribution in [2.75, 3.05) is 13.2 Å². The van der Waals surface area contributed by atoms with E-state index in [1.54, 1.807) is 13.0 Å². The van der Waals surface area contributed by atoms with Crippen LogP contribution in [0.2, 0.25) is 0 Å². The number of aryl methyl sites for hydroxylation is 1. The van der Waals surface area contributed by atoms with Crippen molar-refractivity contribution >= 4 is 0 Å². The molecule has 1 fully saturated rings. The summed E-state index contributed by atoms with van der Waals surface area (Å²) < 4.78 is 18.7. The largest absolute Gasteiger partial charge is 0.381 e. The Hall–Kier alpha value is -0.930. The maximum atomic E-state index is 13.4. The predicted octanol–water partition coefficient (Wildman–Crippen LogP) is 2.79. The molecule has 1 saturated heterocycles. The van der Waals surface area contributed by atoms with Gasteiger partial charge in [0.2, 0.25) is 0 Å². The molecule has 1 aliphatic heterocycles. The van der Waals surface area contributed by atoms with Gasteiger partial charge in [-0.3, -0.25) is 0 Å². The van der Waals surface area contributed by atoms with Crippen molar-refractivity contribution in [1.82, 2.24) is 5.32 Å². The van der Waals surface area contributed by atoms with Gasteiger partial charge in [0, 0.05) is 25.3 Å². The summed E-state index contributed by atoms with van der Waals surface area (Å²) in [6.45, 7) is 6.33. The van der Waals surface area contributed by atoms with E-state index in [-0.39, 0.29) is 11.4 Å². The van der Waals surface area contributed by atoms with Crippen LogP contribution in [0.15, 0.2) is 18.2 Å². The summed E-state index contributed by atoms with van der Waals surface area (Å²) in [4.78, 5) is 0. The molecule has 0 saturated carbocycles. The maximum Gasteiger partial charge on any atom is 0.126 e. The lowest BCUT2D eigenvalue weighted by Gasteiger charge is -2.34. The van der Waals surface area contributed by atoms with Gasteiger partial charge in [0.25, 0.3) is 0 Å². The predicted molar refractivity (Wildman–Crippen MR) is 66.4 cm³/mol. The minimum Gasteiger partial charge on any atom is -0.381 e.